The zero-order chi connectivity index (χ0) is 13.7. The van der Waals surface area contributed by atoms with Crippen molar-refractivity contribution in [2.45, 2.75) is 33.6 Å². The Kier molecular flexibility index (Phi) is 5.35. The van der Waals surface area contributed by atoms with E-state index in [4.69, 9.17) is 5.73 Å². The van der Waals surface area contributed by atoms with E-state index in [-0.39, 0.29) is 5.91 Å². The van der Waals surface area contributed by atoms with Gasteiger partial charge < -0.3 is 11.1 Å². The highest BCUT2D eigenvalue weighted by Gasteiger charge is 2.11. The molecule has 0 aliphatic heterocycles. The molecule has 0 aliphatic carbocycles. The van der Waals surface area contributed by atoms with Crippen molar-refractivity contribution in [1.29, 1.82) is 0 Å². The van der Waals surface area contributed by atoms with E-state index in [0.717, 1.165) is 11.1 Å². The lowest BCUT2D eigenvalue weighted by Crippen LogP contribution is -2.31. The molecular formula is C15H24N2O. The second kappa shape index (κ2) is 6.55. The molecule has 1 aromatic carbocycles. The number of nitrogens with two attached hydrogens (primary N) is 1. The minimum absolute atomic E-state index is 0.00435. The maximum atomic E-state index is 12.1. The Labute approximate surface area is 110 Å². The fourth-order valence-corrected chi connectivity index (χ4v) is 1.69. The van der Waals surface area contributed by atoms with Crippen molar-refractivity contribution in [3.05, 3.63) is 34.9 Å². The number of hydrogen-bond donors (Lipinski definition) is 2. The molecule has 3 N–H and O–H groups in total. The summed E-state index contributed by atoms with van der Waals surface area (Å²) in [4.78, 5) is 12.1. The largest absolute Gasteiger partial charge is 0.352 e. The van der Waals surface area contributed by atoms with E-state index < -0.39 is 0 Å². The second-order valence-electron chi connectivity index (χ2n) is 5.28. The van der Waals surface area contributed by atoms with E-state index in [1.54, 1.807) is 0 Å². The highest BCUT2D eigenvalue weighted by Crippen LogP contribution is 2.18. The van der Waals surface area contributed by atoms with Gasteiger partial charge in [0, 0.05) is 12.1 Å². The van der Waals surface area contributed by atoms with Gasteiger partial charge in [-0.15, -0.1) is 0 Å². The van der Waals surface area contributed by atoms with Crippen molar-refractivity contribution in [1.82, 2.24) is 5.32 Å². The highest BCUT2D eigenvalue weighted by atomic mass is 16.1. The molecule has 0 aromatic heterocycles. The van der Waals surface area contributed by atoms with Crippen molar-refractivity contribution in [2.24, 2.45) is 11.7 Å². The normalized spacial score (nSPS) is 12.6. The maximum Gasteiger partial charge on any atom is 0.251 e. The van der Waals surface area contributed by atoms with E-state index in [1.165, 1.54) is 5.56 Å². The average molecular weight is 248 g/mol. The van der Waals surface area contributed by atoms with Crippen LogP contribution in [0.2, 0.25) is 0 Å². The molecule has 0 fully saturated rings. The van der Waals surface area contributed by atoms with Crippen LogP contribution in [0.1, 0.15) is 48.2 Å². The molecule has 3 heteroatoms. The van der Waals surface area contributed by atoms with E-state index in [1.807, 2.05) is 26.0 Å². The molecule has 1 aromatic rings. The first-order valence-electron chi connectivity index (χ1n) is 6.54. The molecule has 0 radical (unpaired) electrons. The zero-order valence-corrected chi connectivity index (χ0v) is 11.8. The van der Waals surface area contributed by atoms with Crippen LogP contribution in [0, 0.1) is 12.8 Å². The molecule has 3 nitrogen and oxygen atoms in total. The summed E-state index contributed by atoms with van der Waals surface area (Å²) >= 11 is 0. The summed E-state index contributed by atoms with van der Waals surface area (Å²) in [5.41, 5.74) is 8.51. The monoisotopic (exact) mass is 248 g/mol. The van der Waals surface area contributed by atoms with Crippen LogP contribution >= 0.6 is 0 Å². The number of rotatable bonds is 5. The molecule has 1 unspecified atom stereocenters. The van der Waals surface area contributed by atoms with E-state index in [2.05, 4.69) is 25.2 Å². The minimum Gasteiger partial charge on any atom is -0.352 e. The average Bonchev–Trinajstić information content (AvgIpc) is 2.35. The number of benzene rings is 1. The number of hydrogen-bond acceptors (Lipinski definition) is 2. The van der Waals surface area contributed by atoms with E-state index in [0.29, 0.717) is 24.9 Å². The molecule has 0 saturated heterocycles. The van der Waals surface area contributed by atoms with Crippen LogP contribution in [0.3, 0.4) is 0 Å². The first-order valence-corrected chi connectivity index (χ1v) is 6.54. The van der Waals surface area contributed by atoms with Crippen LogP contribution in [0.5, 0.6) is 0 Å². The third-order valence-electron chi connectivity index (χ3n) is 3.19. The molecule has 100 valence electrons. The van der Waals surface area contributed by atoms with Gasteiger partial charge in [-0.1, -0.05) is 32.9 Å². The summed E-state index contributed by atoms with van der Waals surface area (Å²) in [6.07, 6.45) is 0. The van der Waals surface area contributed by atoms with Gasteiger partial charge in [0.05, 0.1) is 0 Å². The van der Waals surface area contributed by atoms with Gasteiger partial charge in [-0.2, -0.15) is 0 Å². The van der Waals surface area contributed by atoms with Gasteiger partial charge in [-0.05, 0) is 42.5 Å². The standard InChI is InChI=1S/C15H24N2O/c1-10(2)13-6-5-12(4)14(7-13)15(18)17-9-11(3)8-16/h5-7,10-11H,8-9,16H2,1-4H3,(H,17,18). The summed E-state index contributed by atoms with van der Waals surface area (Å²) in [5.74, 6) is 0.734. The van der Waals surface area contributed by atoms with Gasteiger partial charge in [-0.25, -0.2) is 0 Å². The Morgan fingerprint density at radius 3 is 2.56 bits per heavy atom. The van der Waals surface area contributed by atoms with Crippen LogP contribution in [0.25, 0.3) is 0 Å². The predicted molar refractivity (Wildman–Crippen MR) is 75.8 cm³/mol. The van der Waals surface area contributed by atoms with Gasteiger partial charge in [0.25, 0.3) is 5.91 Å². The van der Waals surface area contributed by atoms with Crippen molar-refractivity contribution >= 4 is 5.91 Å². The third kappa shape index (κ3) is 3.84. The lowest BCUT2D eigenvalue weighted by atomic mass is 9.97. The summed E-state index contributed by atoms with van der Waals surface area (Å²) in [5, 5.41) is 2.94. The molecule has 0 bridgehead atoms. The van der Waals surface area contributed by atoms with Gasteiger partial charge in [-0.3, -0.25) is 4.79 Å². The number of carbonyl (C=O) groups is 1. The van der Waals surface area contributed by atoms with Gasteiger partial charge in [0.2, 0.25) is 0 Å². The third-order valence-corrected chi connectivity index (χ3v) is 3.19. The molecule has 1 rings (SSSR count). The van der Waals surface area contributed by atoms with Crippen LogP contribution in [-0.2, 0) is 0 Å². The molecule has 0 heterocycles. The molecule has 1 amide bonds. The van der Waals surface area contributed by atoms with Gasteiger partial charge >= 0.3 is 0 Å². The van der Waals surface area contributed by atoms with Gasteiger partial charge in [0.15, 0.2) is 0 Å². The number of aryl methyl sites for hydroxylation is 1. The van der Waals surface area contributed by atoms with Crippen LogP contribution in [0.15, 0.2) is 18.2 Å². The summed E-state index contributed by atoms with van der Waals surface area (Å²) in [6.45, 7) is 9.46. The summed E-state index contributed by atoms with van der Waals surface area (Å²) in [6, 6.07) is 6.08. The lowest BCUT2D eigenvalue weighted by molar-refractivity contribution is 0.0948. The Hall–Kier alpha value is -1.35. The van der Waals surface area contributed by atoms with Crippen molar-refractivity contribution in [3.8, 4) is 0 Å². The Morgan fingerprint density at radius 2 is 2.00 bits per heavy atom. The minimum atomic E-state index is -0.00435. The first kappa shape index (κ1) is 14.7. The van der Waals surface area contributed by atoms with E-state index in [9.17, 15) is 4.79 Å². The number of nitrogens with one attached hydrogen (secondary N) is 1. The molecule has 0 aliphatic rings. The molecule has 0 spiro atoms. The van der Waals surface area contributed by atoms with Gasteiger partial charge in [0.1, 0.15) is 0 Å². The van der Waals surface area contributed by atoms with Crippen molar-refractivity contribution < 1.29 is 4.79 Å². The van der Waals surface area contributed by atoms with Crippen LogP contribution < -0.4 is 11.1 Å². The van der Waals surface area contributed by atoms with E-state index >= 15 is 0 Å². The number of carbonyl (C=O) groups excluding carboxylic acids is 1. The Balaban J connectivity index is 2.81. The molecular weight excluding hydrogens is 224 g/mol. The summed E-state index contributed by atoms with van der Waals surface area (Å²) in [7, 11) is 0. The second-order valence-corrected chi connectivity index (χ2v) is 5.28. The van der Waals surface area contributed by atoms with Crippen LogP contribution in [0.4, 0.5) is 0 Å². The van der Waals surface area contributed by atoms with Crippen molar-refractivity contribution in [2.75, 3.05) is 13.1 Å². The number of amides is 1. The fourth-order valence-electron chi connectivity index (χ4n) is 1.69. The Bertz CT molecular complexity index is 413. The highest BCUT2D eigenvalue weighted by molar-refractivity contribution is 5.95. The Morgan fingerprint density at radius 1 is 1.33 bits per heavy atom. The smallest absolute Gasteiger partial charge is 0.251 e. The summed E-state index contributed by atoms with van der Waals surface area (Å²) < 4.78 is 0. The quantitative estimate of drug-likeness (QED) is 0.841. The maximum absolute atomic E-state index is 12.1. The molecule has 0 saturated carbocycles. The molecule has 18 heavy (non-hydrogen) atoms. The fraction of sp³-hybridized carbons (Fsp3) is 0.533. The van der Waals surface area contributed by atoms with Crippen LogP contribution in [-0.4, -0.2) is 19.0 Å². The first-order chi connectivity index (χ1) is 8.45. The van der Waals surface area contributed by atoms with Crippen molar-refractivity contribution in [3.63, 3.8) is 0 Å². The molecule has 1 atom stereocenters. The zero-order valence-electron chi connectivity index (χ0n) is 11.8. The predicted octanol–water partition coefficient (Wildman–Crippen LogP) is 2.44. The SMILES string of the molecule is Cc1ccc(C(C)C)cc1C(=O)NCC(C)CN. The lowest BCUT2D eigenvalue weighted by Gasteiger charge is -2.13. The topological polar surface area (TPSA) is 55.1 Å².